The van der Waals surface area contributed by atoms with E-state index in [-0.39, 0.29) is 5.91 Å². The van der Waals surface area contributed by atoms with Gasteiger partial charge < -0.3 is 10.6 Å². The molecule has 6 nitrogen and oxygen atoms in total. The molecular weight excluding hydrogens is 302 g/mol. The topological polar surface area (TPSA) is 71.3 Å². The van der Waals surface area contributed by atoms with Crippen LogP contribution in [0.4, 0.5) is 5.69 Å². The van der Waals surface area contributed by atoms with Crippen LogP contribution in [-0.4, -0.2) is 27.3 Å². The van der Waals surface area contributed by atoms with Crippen molar-refractivity contribution in [3.8, 4) is 0 Å². The van der Waals surface area contributed by atoms with E-state index < -0.39 is 0 Å². The largest absolute Gasteiger partial charge is 0.379 e. The van der Waals surface area contributed by atoms with Crippen LogP contribution in [0.2, 0.25) is 0 Å². The second-order valence-corrected chi connectivity index (χ2v) is 5.92. The summed E-state index contributed by atoms with van der Waals surface area (Å²) in [7, 11) is 1.63. The van der Waals surface area contributed by atoms with Crippen LogP contribution in [0.3, 0.4) is 0 Å². The van der Waals surface area contributed by atoms with Crippen molar-refractivity contribution in [3.63, 3.8) is 0 Å². The molecule has 0 aliphatic rings. The van der Waals surface area contributed by atoms with E-state index in [1.54, 1.807) is 7.05 Å². The molecule has 6 heteroatoms. The van der Waals surface area contributed by atoms with E-state index in [1.807, 2.05) is 55.6 Å². The first kappa shape index (κ1) is 16.0. The molecule has 0 aliphatic carbocycles. The fourth-order valence-corrected chi connectivity index (χ4v) is 2.72. The Balaban J connectivity index is 1.86. The molecule has 0 unspecified atom stereocenters. The summed E-state index contributed by atoms with van der Waals surface area (Å²) >= 11 is 0. The first-order chi connectivity index (χ1) is 11.5. The van der Waals surface area contributed by atoms with Gasteiger partial charge in [-0.05, 0) is 39.0 Å². The molecule has 0 bridgehead atoms. The summed E-state index contributed by atoms with van der Waals surface area (Å²) in [4.78, 5) is 21.0. The number of carbonyl (C=O) groups is 1. The van der Waals surface area contributed by atoms with Crippen molar-refractivity contribution in [1.82, 2.24) is 19.7 Å². The number of hydrogen-bond donors (Lipinski definition) is 2. The van der Waals surface area contributed by atoms with E-state index in [1.165, 1.54) is 0 Å². The fourth-order valence-electron chi connectivity index (χ4n) is 2.72. The summed E-state index contributed by atoms with van der Waals surface area (Å²) in [5.74, 6) is 0.587. The average molecular weight is 323 g/mol. The van der Waals surface area contributed by atoms with Crippen LogP contribution in [0.25, 0.3) is 5.78 Å². The van der Waals surface area contributed by atoms with Gasteiger partial charge in [0, 0.05) is 30.3 Å². The lowest BCUT2D eigenvalue weighted by molar-refractivity contribution is 0.0964. The molecule has 0 aliphatic heterocycles. The standard InChI is InChI=1S/C18H21N5O/c1-11-5-6-16(15(7-11)17(24)19-4)20-9-14-10-23-13(3)8-12(2)21-18(23)22-14/h5-8,10,20H,9H2,1-4H3,(H,19,24). The van der Waals surface area contributed by atoms with Gasteiger partial charge in [0.1, 0.15) is 0 Å². The van der Waals surface area contributed by atoms with Crippen molar-refractivity contribution in [3.05, 3.63) is 58.7 Å². The third-order valence-corrected chi connectivity index (χ3v) is 3.92. The molecule has 3 aromatic rings. The Labute approximate surface area is 140 Å². The highest BCUT2D eigenvalue weighted by atomic mass is 16.1. The zero-order chi connectivity index (χ0) is 17.3. The summed E-state index contributed by atoms with van der Waals surface area (Å²) in [6, 6.07) is 7.80. The van der Waals surface area contributed by atoms with Crippen molar-refractivity contribution in [1.29, 1.82) is 0 Å². The maximum atomic E-state index is 12.0. The monoisotopic (exact) mass is 323 g/mol. The average Bonchev–Trinajstić information content (AvgIpc) is 2.96. The molecule has 0 fully saturated rings. The molecule has 2 heterocycles. The van der Waals surface area contributed by atoms with Crippen LogP contribution < -0.4 is 10.6 Å². The van der Waals surface area contributed by atoms with Gasteiger partial charge in [0.2, 0.25) is 5.78 Å². The highest BCUT2D eigenvalue weighted by Crippen LogP contribution is 2.18. The summed E-state index contributed by atoms with van der Waals surface area (Å²) < 4.78 is 1.97. The Morgan fingerprint density at radius 3 is 2.71 bits per heavy atom. The highest BCUT2D eigenvalue weighted by molar-refractivity contribution is 5.99. The third-order valence-electron chi connectivity index (χ3n) is 3.92. The van der Waals surface area contributed by atoms with Gasteiger partial charge in [-0.1, -0.05) is 11.6 Å². The minimum atomic E-state index is -0.107. The van der Waals surface area contributed by atoms with Crippen molar-refractivity contribution >= 4 is 17.4 Å². The molecule has 1 amide bonds. The van der Waals surface area contributed by atoms with Gasteiger partial charge in [-0.3, -0.25) is 9.20 Å². The van der Waals surface area contributed by atoms with Crippen molar-refractivity contribution in [2.45, 2.75) is 27.3 Å². The second kappa shape index (κ2) is 6.31. The van der Waals surface area contributed by atoms with Crippen LogP contribution in [0.15, 0.2) is 30.5 Å². The van der Waals surface area contributed by atoms with E-state index in [4.69, 9.17) is 0 Å². The minimum absolute atomic E-state index is 0.107. The predicted octanol–water partition coefficient (Wildman–Crippen LogP) is 2.63. The highest BCUT2D eigenvalue weighted by Gasteiger charge is 2.11. The Morgan fingerprint density at radius 2 is 1.96 bits per heavy atom. The van der Waals surface area contributed by atoms with Crippen molar-refractivity contribution in [2.75, 3.05) is 12.4 Å². The molecule has 124 valence electrons. The van der Waals surface area contributed by atoms with E-state index in [0.29, 0.717) is 17.9 Å². The van der Waals surface area contributed by atoms with Crippen LogP contribution >= 0.6 is 0 Å². The summed E-state index contributed by atoms with van der Waals surface area (Å²) in [6.07, 6.45) is 1.97. The first-order valence-electron chi connectivity index (χ1n) is 7.87. The Bertz CT molecular complexity index is 913. The number of imidazole rings is 1. The van der Waals surface area contributed by atoms with E-state index in [0.717, 1.165) is 28.3 Å². The SMILES string of the molecule is CNC(=O)c1cc(C)ccc1NCc1cn2c(C)cc(C)nc2n1. The van der Waals surface area contributed by atoms with Gasteiger partial charge in [0.05, 0.1) is 17.8 Å². The van der Waals surface area contributed by atoms with Gasteiger partial charge in [-0.15, -0.1) is 0 Å². The Morgan fingerprint density at radius 1 is 1.17 bits per heavy atom. The number of fused-ring (bicyclic) bond motifs is 1. The second-order valence-electron chi connectivity index (χ2n) is 5.92. The van der Waals surface area contributed by atoms with Crippen LogP contribution in [-0.2, 0) is 6.54 Å². The molecule has 0 saturated heterocycles. The zero-order valence-corrected chi connectivity index (χ0v) is 14.3. The molecule has 0 atom stereocenters. The number of benzene rings is 1. The first-order valence-corrected chi connectivity index (χ1v) is 7.87. The molecule has 0 spiro atoms. The minimum Gasteiger partial charge on any atom is -0.379 e. The molecule has 2 N–H and O–H groups in total. The van der Waals surface area contributed by atoms with Crippen molar-refractivity contribution in [2.24, 2.45) is 0 Å². The number of anilines is 1. The lowest BCUT2D eigenvalue weighted by Crippen LogP contribution is -2.19. The van der Waals surface area contributed by atoms with Crippen molar-refractivity contribution < 1.29 is 4.79 Å². The number of hydrogen-bond acceptors (Lipinski definition) is 4. The lowest BCUT2D eigenvalue weighted by Gasteiger charge is -2.11. The number of rotatable bonds is 4. The molecule has 0 radical (unpaired) electrons. The van der Waals surface area contributed by atoms with Crippen LogP contribution in [0.1, 0.15) is 33.0 Å². The van der Waals surface area contributed by atoms with Crippen LogP contribution in [0.5, 0.6) is 0 Å². The Hall–Kier alpha value is -2.89. The number of nitrogens with one attached hydrogen (secondary N) is 2. The van der Waals surface area contributed by atoms with E-state index in [9.17, 15) is 4.79 Å². The third kappa shape index (κ3) is 3.08. The van der Waals surface area contributed by atoms with Gasteiger partial charge >= 0.3 is 0 Å². The molecule has 0 saturated carbocycles. The summed E-state index contributed by atoms with van der Waals surface area (Å²) in [5, 5.41) is 5.98. The van der Waals surface area contributed by atoms with Gasteiger partial charge in [0.25, 0.3) is 5.91 Å². The number of carbonyl (C=O) groups excluding carboxylic acids is 1. The van der Waals surface area contributed by atoms with Gasteiger partial charge in [0.15, 0.2) is 0 Å². The number of aromatic nitrogens is 3. The summed E-state index contributed by atoms with van der Waals surface area (Å²) in [5.41, 5.74) is 5.38. The van der Waals surface area contributed by atoms with Gasteiger partial charge in [-0.2, -0.15) is 0 Å². The predicted molar refractivity (Wildman–Crippen MR) is 94.4 cm³/mol. The fraction of sp³-hybridized carbons (Fsp3) is 0.278. The molecule has 3 rings (SSSR count). The summed E-state index contributed by atoms with van der Waals surface area (Å²) in [6.45, 7) is 6.48. The molecule has 24 heavy (non-hydrogen) atoms. The number of nitrogens with zero attached hydrogens (tertiary/aromatic N) is 3. The van der Waals surface area contributed by atoms with Gasteiger partial charge in [-0.25, -0.2) is 9.97 Å². The normalized spacial score (nSPS) is 10.8. The van der Waals surface area contributed by atoms with Crippen LogP contribution in [0, 0.1) is 20.8 Å². The maximum absolute atomic E-state index is 12.0. The number of aryl methyl sites for hydroxylation is 3. The molecular formula is C18H21N5O. The zero-order valence-electron chi connectivity index (χ0n) is 14.3. The maximum Gasteiger partial charge on any atom is 0.253 e. The quantitative estimate of drug-likeness (QED) is 0.774. The smallest absolute Gasteiger partial charge is 0.253 e. The number of amides is 1. The lowest BCUT2D eigenvalue weighted by atomic mass is 10.1. The Kier molecular flexibility index (Phi) is 4.20. The molecule has 1 aromatic carbocycles. The molecule has 2 aromatic heterocycles. The van der Waals surface area contributed by atoms with E-state index >= 15 is 0 Å². The van der Waals surface area contributed by atoms with E-state index in [2.05, 4.69) is 20.6 Å².